The number of likely N-dealkylation sites (N-methyl/N-ethyl adjacent to an activating group) is 1. The van der Waals surface area contributed by atoms with Crippen LogP contribution in [0.1, 0.15) is 10.4 Å². The minimum atomic E-state index is -3.53. The summed E-state index contributed by atoms with van der Waals surface area (Å²) in [6.07, 6.45) is 0. The Bertz CT molecular complexity index is 776. The molecule has 2 aliphatic heterocycles. The van der Waals surface area contributed by atoms with E-state index in [-0.39, 0.29) is 36.8 Å². The van der Waals surface area contributed by atoms with E-state index in [1.807, 2.05) is 7.05 Å². The Labute approximate surface area is 158 Å². The van der Waals surface area contributed by atoms with Gasteiger partial charge in [0.25, 0.3) is 16.1 Å². The molecule has 2 fully saturated rings. The van der Waals surface area contributed by atoms with Gasteiger partial charge in [-0.2, -0.15) is 17.0 Å². The van der Waals surface area contributed by atoms with E-state index in [1.165, 1.54) is 25.6 Å². The molecule has 0 N–H and O–H groups in total. The van der Waals surface area contributed by atoms with Crippen LogP contribution in [-0.2, 0) is 10.2 Å². The zero-order valence-corrected chi connectivity index (χ0v) is 16.1. The first-order valence-electron chi connectivity index (χ1n) is 8.47. The van der Waals surface area contributed by atoms with E-state index in [4.69, 9.17) is 11.6 Å². The lowest BCUT2D eigenvalue weighted by Crippen LogP contribution is -2.57. The fraction of sp³-hybridized carbons (Fsp3) is 0.562. The predicted molar refractivity (Wildman–Crippen MR) is 96.9 cm³/mol. The van der Waals surface area contributed by atoms with Crippen molar-refractivity contribution in [2.45, 2.75) is 0 Å². The Hall–Kier alpha value is -1.26. The Morgan fingerprint density at radius 3 is 2.12 bits per heavy atom. The normalized spacial score (nSPS) is 21.1. The van der Waals surface area contributed by atoms with Crippen molar-refractivity contribution in [2.24, 2.45) is 0 Å². The molecular weight excluding hydrogens is 383 g/mol. The van der Waals surface area contributed by atoms with E-state index in [9.17, 15) is 17.6 Å². The minimum Gasteiger partial charge on any atom is -0.336 e. The highest BCUT2D eigenvalue weighted by Crippen LogP contribution is 2.19. The van der Waals surface area contributed by atoms with Crippen molar-refractivity contribution >= 4 is 27.7 Å². The predicted octanol–water partition coefficient (Wildman–Crippen LogP) is 0.729. The molecule has 0 spiro atoms. The summed E-state index contributed by atoms with van der Waals surface area (Å²) in [5.74, 6) is -1.10. The van der Waals surface area contributed by atoms with Gasteiger partial charge in [-0.1, -0.05) is 11.6 Å². The summed E-state index contributed by atoms with van der Waals surface area (Å²) in [4.78, 5) is 16.1. The van der Waals surface area contributed by atoms with Gasteiger partial charge in [-0.3, -0.25) is 4.79 Å². The summed E-state index contributed by atoms with van der Waals surface area (Å²) < 4.78 is 42.3. The van der Waals surface area contributed by atoms with Crippen LogP contribution in [0.2, 0.25) is 5.02 Å². The Balaban J connectivity index is 1.63. The maximum absolute atomic E-state index is 13.9. The molecule has 144 valence electrons. The van der Waals surface area contributed by atoms with Gasteiger partial charge in [-0.05, 0) is 25.2 Å². The number of rotatable bonds is 3. The van der Waals surface area contributed by atoms with Crippen molar-refractivity contribution in [1.82, 2.24) is 18.4 Å². The van der Waals surface area contributed by atoms with Crippen LogP contribution in [0.4, 0.5) is 4.39 Å². The molecule has 1 aromatic rings. The zero-order valence-electron chi connectivity index (χ0n) is 14.6. The van der Waals surface area contributed by atoms with E-state index >= 15 is 0 Å². The van der Waals surface area contributed by atoms with Gasteiger partial charge in [0.05, 0.1) is 5.56 Å². The van der Waals surface area contributed by atoms with Crippen molar-refractivity contribution in [3.8, 4) is 0 Å². The largest absolute Gasteiger partial charge is 0.336 e. The molecule has 1 amide bonds. The van der Waals surface area contributed by atoms with Gasteiger partial charge in [0, 0.05) is 57.4 Å². The first-order valence-corrected chi connectivity index (χ1v) is 10.2. The van der Waals surface area contributed by atoms with Crippen LogP contribution in [0.25, 0.3) is 0 Å². The molecule has 0 aromatic heterocycles. The quantitative estimate of drug-likeness (QED) is 0.745. The van der Waals surface area contributed by atoms with Gasteiger partial charge < -0.3 is 9.80 Å². The molecule has 26 heavy (non-hydrogen) atoms. The average Bonchev–Trinajstić information content (AvgIpc) is 2.63. The number of hydrogen-bond donors (Lipinski definition) is 0. The minimum absolute atomic E-state index is 0.0899. The molecule has 2 aliphatic rings. The molecule has 0 saturated carbocycles. The molecule has 0 radical (unpaired) electrons. The first-order chi connectivity index (χ1) is 12.3. The number of benzene rings is 1. The van der Waals surface area contributed by atoms with Crippen molar-refractivity contribution in [1.29, 1.82) is 0 Å². The van der Waals surface area contributed by atoms with Gasteiger partial charge >= 0.3 is 0 Å². The molecule has 0 bridgehead atoms. The van der Waals surface area contributed by atoms with E-state index in [0.717, 1.165) is 6.07 Å². The number of piperazine rings is 2. The van der Waals surface area contributed by atoms with Crippen LogP contribution in [0.3, 0.4) is 0 Å². The standard InChI is InChI=1S/C16H22ClFN4O3S/c1-19-4-8-21(9-5-19)26(24,25)22-10-6-20(7-11-22)16(23)14-12-13(17)2-3-15(14)18/h2-3,12H,4-11H2,1H3. The molecule has 1 aromatic carbocycles. The summed E-state index contributed by atoms with van der Waals surface area (Å²) in [5, 5.41) is 0.283. The molecule has 10 heteroatoms. The Morgan fingerprint density at radius 1 is 1.00 bits per heavy atom. The lowest BCUT2D eigenvalue weighted by molar-refractivity contribution is 0.0687. The first kappa shape index (κ1) is 19.5. The number of halogens is 2. The monoisotopic (exact) mass is 404 g/mol. The lowest BCUT2D eigenvalue weighted by Gasteiger charge is -2.39. The molecule has 7 nitrogen and oxygen atoms in total. The second-order valence-electron chi connectivity index (χ2n) is 6.53. The second kappa shape index (κ2) is 7.77. The van der Waals surface area contributed by atoms with Crippen molar-refractivity contribution in [3.63, 3.8) is 0 Å². The molecule has 0 atom stereocenters. The number of carbonyl (C=O) groups is 1. The summed E-state index contributed by atoms with van der Waals surface area (Å²) in [6.45, 7) is 3.16. The van der Waals surface area contributed by atoms with Crippen molar-refractivity contribution in [2.75, 3.05) is 59.4 Å². The smallest absolute Gasteiger partial charge is 0.282 e. The maximum Gasteiger partial charge on any atom is 0.282 e. The number of nitrogens with zero attached hydrogens (tertiary/aromatic N) is 4. The van der Waals surface area contributed by atoms with E-state index in [2.05, 4.69) is 4.90 Å². The van der Waals surface area contributed by atoms with Crippen molar-refractivity contribution < 1.29 is 17.6 Å². The van der Waals surface area contributed by atoms with Crippen LogP contribution in [0.15, 0.2) is 18.2 Å². The van der Waals surface area contributed by atoms with E-state index in [0.29, 0.717) is 26.2 Å². The number of carbonyl (C=O) groups excluding carboxylic acids is 1. The summed E-state index contributed by atoms with van der Waals surface area (Å²) in [7, 11) is -1.57. The van der Waals surface area contributed by atoms with Gasteiger partial charge in [-0.25, -0.2) is 4.39 Å². The average molecular weight is 405 g/mol. The van der Waals surface area contributed by atoms with Gasteiger partial charge in [-0.15, -0.1) is 0 Å². The summed E-state index contributed by atoms with van der Waals surface area (Å²) >= 11 is 5.85. The summed E-state index contributed by atoms with van der Waals surface area (Å²) in [5.41, 5.74) is -0.0899. The molecule has 3 rings (SSSR count). The molecular formula is C16H22ClFN4O3S. The highest BCUT2D eigenvalue weighted by Gasteiger charge is 2.35. The van der Waals surface area contributed by atoms with Crippen LogP contribution >= 0.6 is 11.6 Å². The number of hydrogen-bond acceptors (Lipinski definition) is 4. The fourth-order valence-corrected chi connectivity index (χ4v) is 4.88. The highest BCUT2D eigenvalue weighted by molar-refractivity contribution is 7.86. The van der Waals surface area contributed by atoms with Crippen LogP contribution in [0.5, 0.6) is 0 Å². The third-order valence-electron chi connectivity index (χ3n) is 4.80. The second-order valence-corrected chi connectivity index (χ2v) is 8.89. The lowest BCUT2D eigenvalue weighted by atomic mass is 10.1. The zero-order chi connectivity index (χ0) is 18.9. The Morgan fingerprint density at radius 2 is 1.54 bits per heavy atom. The molecule has 2 heterocycles. The maximum atomic E-state index is 13.9. The highest BCUT2D eigenvalue weighted by atomic mass is 35.5. The van der Waals surface area contributed by atoms with Crippen LogP contribution in [-0.4, -0.2) is 92.1 Å². The third-order valence-corrected chi connectivity index (χ3v) is 7.07. The molecule has 2 saturated heterocycles. The van der Waals surface area contributed by atoms with Crippen LogP contribution < -0.4 is 0 Å². The number of amides is 1. The van der Waals surface area contributed by atoms with Crippen molar-refractivity contribution in [3.05, 3.63) is 34.6 Å². The fourth-order valence-electron chi connectivity index (χ4n) is 3.14. The third kappa shape index (κ3) is 4.01. The topological polar surface area (TPSA) is 64.2 Å². The van der Waals surface area contributed by atoms with E-state index in [1.54, 1.807) is 0 Å². The SMILES string of the molecule is CN1CCN(S(=O)(=O)N2CCN(C(=O)c3cc(Cl)ccc3F)CC2)CC1. The summed E-state index contributed by atoms with van der Waals surface area (Å²) in [6, 6.07) is 3.84. The van der Waals surface area contributed by atoms with Crippen LogP contribution in [0, 0.1) is 5.82 Å². The van der Waals surface area contributed by atoms with Gasteiger partial charge in [0.15, 0.2) is 0 Å². The Kier molecular flexibility index (Phi) is 5.83. The molecule has 0 aliphatic carbocycles. The van der Waals surface area contributed by atoms with Gasteiger partial charge in [0.1, 0.15) is 5.82 Å². The van der Waals surface area contributed by atoms with E-state index < -0.39 is 21.9 Å². The molecule has 0 unspecified atom stereocenters. The van der Waals surface area contributed by atoms with Gasteiger partial charge in [0.2, 0.25) is 0 Å².